The van der Waals surface area contributed by atoms with Crippen LogP contribution in [0.3, 0.4) is 0 Å². The van der Waals surface area contributed by atoms with E-state index >= 15 is 0 Å². The Morgan fingerprint density at radius 3 is 2.65 bits per heavy atom. The molecule has 1 aromatic carbocycles. The third-order valence-corrected chi connectivity index (χ3v) is 2.94. The summed E-state index contributed by atoms with van der Waals surface area (Å²) >= 11 is 0. The molecule has 1 fully saturated rings. The van der Waals surface area contributed by atoms with Crippen molar-refractivity contribution in [2.75, 3.05) is 13.2 Å². The number of halogens is 1. The largest absolute Gasteiger partial charge is 0.483 e. The van der Waals surface area contributed by atoms with Gasteiger partial charge in [-0.25, -0.2) is 9.18 Å². The minimum absolute atomic E-state index is 0.235. The molecule has 0 spiro atoms. The highest BCUT2D eigenvalue weighted by atomic mass is 19.1. The molecule has 1 aromatic rings. The second-order valence-corrected chi connectivity index (χ2v) is 4.29. The van der Waals surface area contributed by atoms with Crippen LogP contribution in [0.2, 0.25) is 0 Å². The summed E-state index contributed by atoms with van der Waals surface area (Å²) < 4.78 is 24.0. The van der Waals surface area contributed by atoms with Crippen LogP contribution >= 0.6 is 0 Å². The van der Waals surface area contributed by atoms with E-state index < -0.39 is 28.0 Å². The minimum Gasteiger partial charge on any atom is -0.483 e. The maximum absolute atomic E-state index is 13.5. The fourth-order valence-electron chi connectivity index (χ4n) is 1.92. The molecule has 1 N–H and O–H groups in total. The zero-order valence-corrected chi connectivity index (χ0v) is 10.4. The van der Waals surface area contributed by atoms with Crippen LogP contribution in [-0.2, 0) is 4.74 Å². The number of hydrogen-bond acceptors (Lipinski definition) is 5. The predicted octanol–water partition coefficient (Wildman–Crippen LogP) is 1.99. The second-order valence-electron chi connectivity index (χ2n) is 4.29. The minimum atomic E-state index is -1.51. The van der Waals surface area contributed by atoms with Crippen molar-refractivity contribution in [3.63, 3.8) is 0 Å². The van der Waals surface area contributed by atoms with Crippen LogP contribution in [0.1, 0.15) is 23.2 Å². The Morgan fingerprint density at radius 1 is 1.45 bits per heavy atom. The van der Waals surface area contributed by atoms with E-state index in [1.807, 2.05) is 0 Å². The molecule has 108 valence electrons. The Balaban J connectivity index is 2.34. The van der Waals surface area contributed by atoms with E-state index in [1.54, 1.807) is 0 Å². The first-order valence-corrected chi connectivity index (χ1v) is 5.94. The van der Waals surface area contributed by atoms with Crippen molar-refractivity contribution < 1.29 is 28.7 Å². The standard InChI is InChI=1S/C12H12FNO6/c13-9-6-10(14(17)18)11(5-8(9)12(15)16)20-7-1-3-19-4-2-7/h5-7H,1-4H2,(H,15,16). The Labute approximate surface area is 113 Å². The third kappa shape index (κ3) is 3.02. The van der Waals surface area contributed by atoms with E-state index in [1.165, 1.54) is 0 Å². The molecule has 0 aromatic heterocycles. The van der Waals surface area contributed by atoms with Crippen molar-refractivity contribution >= 4 is 11.7 Å². The molecule has 0 amide bonds. The summed E-state index contributed by atoms with van der Waals surface area (Å²) in [4.78, 5) is 20.9. The quantitative estimate of drug-likeness (QED) is 0.671. The molecule has 0 unspecified atom stereocenters. The molecule has 1 aliphatic rings. The number of nitro benzene ring substituents is 1. The zero-order valence-electron chi connectivity index (χ0n) is 10.4. The molecule has 7 nitrogen and oxygen atoms in total. The average molecular weight is 285 g/mol. The number of carbonyl (C=O) groups is 1. The molecule has 2 rings (SSSR count). The van der Waals surface area contributed by atoms with Crippen molar-refractivity contribution in [2.45, 2.75) is 18.9 Å². The highest BCUT2D eigenvalue weighted by Gasteiger charge is 2.25. The number of nitro groups is 1. The van der Waals surface area contributed by atoms with Crippen LogP contribution in [-0.4, -0.2) is 35.3 Å². The van der Waals surface area contributed by atoms with Crippen LogP contribution in [0, 0.1) is 15.9 Å². The van der Waals surface area contributed by atoms with Crippen LogP contribution in [0.4, 0.5) is 10.1 Å². The van der Waals surface area contributed by atoms with Crippen LogP contribution in [0.5, 0.6) is 5.75 Å². The monoisotopic (exact) mass is 285 g/mol. The lowest BCUT2D eigenvalue weighted by Gasteiger charge is -2.23. The smallest absolute Gasteiger partial charge is 0.338 e. The predicted molar refractivity (Wildman–Crippen MR) is 64.5 cm³/mol. The molecule has 0 aliphatic carbocycles. The van der Waals surface area contributed by atoms with E-state index in [0.29, 0.717) is 32.1 Å². The molecule has 1 saturated heterocycles. The summed E-state index contributed by atoms with van der Waals surface area (Å²) in [5.74, 6) is -2.90. The second kappa shape index (κ2) is 5.83. The van der Waals surface area contributed by atoms with Crippen molar-refractivity contribution in [3.8, 4) is 5.75 Å². The molecule has 0 radical (unpaired) electrons. The number of aromatic carboxylic acids is 1. The van der Waals surface area contributed by atoms with Gasteiger partial charge in [0.15, 0.2) is 5.75 Å². The number of carboxylic acid groups (broad SMARTS) is 1. The van der Waals surface area contributed by atoms with E-state index in [9.17, 15) is 19.3 Å². The number of benzene rings is 1. The third-order valence-electron chi connectivity index (χ3n) is 2.94. The molecular formula is C12H12FNO6. The van der Waals surface area contributed by atoms with Gasteiger partial charge >= 0.3 is 11.7 Å². The highest BCUT2D eigenvalue weighted by Crippen LogP contribution is 2.32. The maximum atomic E-state index is 13.5. The molecular weight excluding hydrogens is 273 g/mol. The number of carboxylic acids is 1. The van der Waals surface area contributed by atoms with Crippen molar-refractivity contribution in [3.05, 3.63) is 33.6 Å². The van der Waals surface area contributed by atoms with E-state index in [4.69, 9.17) is 14.6 Å². The SMILES string of the molecule is O=C(O)c1cc(OC2CCOCC2)c([N+](=O)[O-])cc1F. The van der Waals surface area contributed by atoms with Crippen LogP contribution in [0.25, 0.3) is 0 Å². The van der Waals surface area contributed by atoms with Gasteiger partial charge < -0.3 is 14.6 Å². The lowest BCUT2D eigenvalue weighted by atomic mass is 10.1. The average Bonchev–Trinajstić information content (AvgIpc) is 2.41. The Kier molecular flexibility index (Phi) is 4.14. The summed E-state index contributed by atoms with van der Waals surface area (Å²) in [7, 11) is 0. The highest BCUT2D eigenvalue weighted by molar-refractivity contribution is 5.89. The number of ether oxygens (including phenoxy) is 2. The molecule has 20 heavy (non-hydrogen) atoms. The van der Waals surface area contributed by atoms with Crippen molar-refractivity contribution in [1.29, 1.82) is 0 Å². The fraction of sp³-hybridized carbons (Fsp3) is 0.417. The van der Waals surface area contributed by atoms with Crippen molar-refractivity contribution in [1.82, 2.24) is 0 Å². The van der Waals surface area contributed by atoms with Crippen molar-refractivity contribution in [2.24, 2.45) is 0 Å². The van der Waals surface area contributed by atoms with Gasteiger partial charge in [-0.1, -0.05) is 0 Å². The first-order chi connectivity index (χ1) is 9.49. The van der Waals surface area contributed by atoms with Crippen LogP contribution < -0.4 is 4.74 Å². The Morgan fingerprint density at radius 2 is 2.10 bits per heavy atom. The summed E-state index contributed by atoms with van der Waals surface area (Å²) in [5.41, 5.74) is -1.24. The van der Waals surface area contributed by atoms with Gasteiger partial charge in [-0.15, -0.1) is 0 Å². The van der Waals surface area contributed by atoms with Crippen LogP contribution in [0.15, 0.2) is 12.1 Å². The topological polar surface area (TPSA) is 98.9 Å². The van der Waals surface area contributed by atoms with Gasteiger partial charge in [0.25, 0.3) is 0 Å². The fourth-order valence-corrected chi connectivity index (χ4v) is 1.92. The zero-order chi connectivity index (χ0) is 14.7. The van der Waals surface area contributed by atoms with E-state index in [0.717, 1.165) is 6.07 Å². The summed E-state index contributed by atoms with van der Waals surface area (Å²) in [6, 6.07) is 1.42. The van der Waals surface area contributed by atoms with Gasteiger partial charge in [0.2, 0.25) is 0 Å². The van der Waals surface area contributed by atoms with Gasteiger partial charge in [0, 0.05) is 18.9 Å². The first-order valence-electron chi connectivity index (χ1n) is 5.94. The molecule has 0 bridgehead atoms. The molecule has 8 heteroatoms. The lowest BCUT2D eigenvalue weighted by Crippen LogP contribution is -2.26. The number of nitrogens with zero attached hydrogens (tertiary/aromatic N) is 1. The molecule has 0 atom stereocenters. The van der Waals surface area contributed by atoms with Gasteiger partial charge in [-0.3, -0.25) is 10.1 Å². The maximum Gasteiger partial charge on any atom is 0.338 e. The summed E-state index contributed by atoms with van der Waals surface area (Å²) in [6.07, 6.45) is 0.767. The Hall–Kier alpha value is -2.22. The van der Waals surface area contributed by atoms with Gasteiger partial charge in [-0.2, -0.15) is 0 Å². The number of hydrogen-bond donors (Lipinski definition) is 1. The van der Waals surface area contributed by atoms with E-state index in [-0.39, 0.29) is 11.9 Å². The lowest BCUT2D eigenvalue weighted by molar-refractivity contribution is -0.386. The van der Waals surface area contributed by atoms with Gasteiger partial charge in [0.05, 0.1) is 29.8 Å². The molecule has 1 aliphatic heterocycles. The van der Waals surface area contributed by atoms with E-state index in [2.05, 4.69) is 0 Å². The first kappa shape index (κ1) is 14.2. The van der Waals surface area contributed by atoms with Gasteiger partial charge in [-0.05, 0) is 0 Å². The molecule has 0 saturated carbocycles. The Bertz CT molecular complexity index is 541. The summed E-state index contributed by atoms with van der Waals surface area (Å²) in [6.45, 7) is 0.927. The van der Waals surface area contributed by atoms with Gasteiger partial charge in [0.1, 0.15) is 11.9 Å². The summed E-state index contributed by atoms with van der Waals surface area (Å²) in [5, 5.41) is 19.7. The number of rotatable bonds is 4. The molecule has 1 heterocycles. The normalized spacial score (nSPS) is 15.8.